The van der Waals surface area contributed by atoms with E-state index in [1.165, 1.54) is 12.1 Å². The van der Waals surface area contributed by atoms with Crippen molar-refractivity contribution in [2.75, 3.05) is 11.9 Å². The molecule has 0 bridgehead atoms. The van der Waals surface area contributed by atoms with Gasteiger partial charge in [0.15, 0.2) is 0 Å². The third-order valence-corrected chi connectivity index (χ3v) is 2.72. The molecule has 0 unspecified atom stereocenters. The number of anilines is 1. The fraction of sp³-hybridized carbons (Fsp3) is 0.308. The first-order chi connectivity index (χ1) is 9.74. The topological polar surface area (TPSA) is 86.8 Å². The standard InChI is InChI=1S/C13H14FN5O/c14-12-3-1-4-13(11(12)7-15)16-8-10-9-19(18-17-10)5-2-6-20/h1,3-4,9,16,20H,2,5-6,8H2. The lowest BCUT2D eigenvalue weighted by atomic mass is 10.2. The Morgan fingerprint density at radius 2 is 2.30 bits per heavy atom. The molecule has 6 nitrogen and oxygen atoms in total. The van der Waals surface area contributed by atoms with Crippen molar-refractivity contribution < 1.29 is 9.50 Å². The first-order valence-corrected chi connectivity index (χ1v) is 6.17. The normalized spacial score (nSPS) is 10.2. The Hall–Kier alpha value is -2.46. The zero-order valence-electron chi connectivity index (χ0n) is 10.8. The molecular formula is C13H14FN5O. The van der Waals surface area contributed by atoms with Crippen LogP contribution >= 0.6 is 0 Å². The highest BCUT2D eigenvalue weighted by atomic mass is 19.1. The average molecular weight is 275 g/mol. The molecule has 1 heterocycles. The number of nitrogens with one attached hydrogen (secondary N) is 1. The number of aryl methyl sites for hydroxylation is 1. The quantitative estimate of drug-likeness (QED) is 0.829. The van der Waals surface area contributed by atoms with Crippen LogP contribution in [0.3, 0.4) is 0 Å². The molecule has 2 aromatic rings. The summed E-state index contributed by atoms with van der Waals surface area (Å²) in [7, 11) is 0. The maximum absolute atomic E-state index is 13.4. The van der Waals surface area contributed by atoms with Gasteiger partial charge in [-0.3, -0.25) is 4.68 Å². The molecule has 2 rings (SSSR count). The smallest absolute Gasteiger partial charge is 0.143 e. The van der Waals surface area contributed by atoms with E-state index in [1.807, 2.05) is 6.07 Å². The molecule has 104 valence electrons. The molecule has 0 amide bonds. The summed E-state index contributed by atoms with van der Waals surface area (Å²) >= 11 is 0. The highest BCUT2D eigenvalue weighted by Crippen LogP contribution is 2.18. The average Bonchev–Trinajstić information content (AvgIpc) is 2.91. The van der Waals surface area contributed by atoms with Gasteiger partial charge in [0.2, 0.25) is 0 Å². The van der Waals surface area contributed by atoms with Gasteiger partial charge in [-0.05, 0) is 18.6 Å². The van der Waals surface area contributed by atoms with Crippen LogP contribution in [-0.2, 0) is 13.1 Å². The number of aromatic nitrogens is 3. The van der Waals surface area contributed by atoms with Crippen LogP contribution in [-0.4, -0.2) is 26.7 Å². The summed E-state index contributed by atoms with van der Waals surface area (Å²) in [6.45, 7) is 1.03. The van der Waals surface area contributed by atoms with Gasteiger partial charge in [0.05, 0.1) is 18.4 Å². The van der Waals surface area contributed by atoms with E-state index in [-0.39, 0.29) is 12.2 Å². The van der Waals surface area contributed by atoms with Crippen molar-refractivity contribution in [2.24, 2.45) is 0 Å². The third-order valence-electron chi connectivity index (χ3n) is 2.72. The Bertz CT molecular complexity index is 619. The number of hydrogen-bond donors (Lipinski definition) is 2. The lowest BCUT2D eigenvalue weighted by Crippen LogP contribution is -2.03. The van der Waals surface area contributed by atoms with Crippen molar-refractivity contribution >= 4 is 5.69 Å². The second kappa shape index (κ2) is 6.63. The second-order valence-electron chi connectivity index (χ2n) is 4.18. The van der Waals surface area contributed by atoms with E-state index in [0.717, 1.165) is 0 Å². The minimum Gasteiger partial charge on any atom is -0.396 e. The molecule has 0 aliphatic heterocycles. The van der Waals surface area contributed by atoms with Crippen molar-refractivity contribution in [3.8, 4) is 6.07 Å². The molecule has 20 heavy (non-hydrogen) atoms. The number of rotatable bonds is 6. The van der Waals surface area contributed by atoms with Gasteiger partial charge in [-0.2, -0.15) is 5.26 Å². The monoisotopic (exact) mass is 275 g/mol. The molecular weight excluding hydrogens is 261 g/mol. The van der Waals surface area contributed by atoms with Crippen LogP contribution in [0, 0.1) is 17.1 Å². The van der Waals surface area contributed by atoms with Crippen molar-refractivity contribution in [3.05, 3.63) is 41.5 Å². The fourth-order valence-corrected chi connectivity index (χ4v) is 1.73. The minimum absolute atomic E-state index is 0.0137. The van der Waals surface area contributed by atoms with Crippen LogP contribution in [0.25, 0.3) is 0 Å². The van der Waals surface area contributed by atoms with Gasteiger partial charge in [-0.1, -0.05) is 11.3 Å². The van der Waals surface area contributed by atoms with Crippen molar-refractivity contribution in [1.29, 1.82) is 5.26 Å². The van der Waals surface area contributed by atoms with Crippen LogP contribution < -0.4 is 5.32 Å². The van der Waals surface area contributed by atoms with Crippen molar-refractivity contribution in [3.63, 3.8) is 0 Å². The molecule has 2 N–H and O–H groups in total. The maximum atomic E-state index is 13.4. The SMILES string of the molecule is N#Cc1c(F)cccc1NCc1cn(CCCO)nn1. The zero-order valence-corrected chi connectivity index (χ0v) is 10.8. The third kappa shape index (κ3) is 3.30. The largest absolute Gasteiger partial charge is 0.396 e. The highest BCUT2D eigenvalue weighted by Gasteiger charge is 2.08. The zero-order chi connectivity index (χ0) is 14.4. The van der Waals surface area contributed by atoms with Crippen molar-refractivity contribution in [2.45, 2.75) is 19.5 Å². The van der Waals surface area contributed by atoms with Gasteiger partial charge in [-0.25, -0.2) is 4.39 Å². The van der Waals surface area contributed by atoms with Crippen molar-refractivity contribution in [1.82, 2.24) is 15.0 Å². The van der Waals surface area contributed by atoms with E-state index >= 15 is 0 Å². The number of nitrogens with zero attached hydrogens (tertiary/aromatic N) is 4. The summed E-state index contributed by atoms with van der Waals surface area (Å²) in [5.41, 5.74) is 1.09. The summed E-state index contributed by atoms with van der Waals surface area (Å²) in [4.78, 5) is 0. The van der Waals surface area contributed by atoms with Gasteiger partial charge in [0, 0.05) is 13.2 Å². The molecule has 0 radical (unpaired) electrons. The second-order valence-corrected chi connectivity index (χ2v) is 4.18. The fourth-order valence-electron chi connectivity index (χ4n) is 1.73. The predicted molar refractivity (Wildman–Crippen MR) is 70.2 cm³/mol. The van der Waals surface area contributed by atoms with E-state index in [0.29, 0.717) is 30.9 Å². The van der Waals surface area contributed by atoms with Gasteiger partial charge >= 0.3 is 0 Å². The molecule has 0 aliphatic rings. The number of nitriles is 1. The predicted octanol–water partition coefficient (Wildman–Crippen LogP) is 1.28. The van der Waals surface area contributed by atoms with Crippen LogP contribution in [0.15, 0.2) is 24.4 Å². The first-order valence-electron chi connectivity index (χ1n) is 6.17. The summed E-state index contributed by atoms with van der Waals surface area (Å²) in [5, 5.41) is 28.5. The Morgan fingerprint density at radius 1 is 1.45 bits per heavy atom. The number of hydrogen-bond acceptors (Lipinski definition) is 5. The molecule has 0 fully saturated rings. The van der Waals surface area contributed by atoms with E-state index in [4.69, 9.17) is 10.4 Å². The number of aliphatic hydroxyl groups excluding tert-OH is 1. The number of benzene rings is 1. The van der Waals surface area contributed by atoms with Gasteiger partial charge in [0.25, 0.3) is 0 Å². The number of aliphatic hydroxyl groups is 1. The molecule has 0 saturated heterocycles. The Morgan fingerprint density at radius 3 is 3.05 bits per heavy atom. The molecule has 0 spiro atoms. The van der Waals surface area contributed by atoms with Crippen LogP contribution in [0.4, 0.5) is 10.1 Å². The molecule has 0 saturated carbocycles. The van der Waals surface area contributed by atoms with E-state index in [2.05, 4.69) is 15.6 Å². The van der Waals surface area contributed by atoms with Crippen LogP contribution in [0.2, 0.25) is 0 Å². The van der Waals surface area contributed by atoms with E-state index in [1.54, 1.807) is 16.9 Å². The summed E-state index contributed by atoms with van der Waals surface area (Å²) in [5.74, 6) is -0.552. The lowest BCUT2D eigenvalue weighted by molar-refractivity contribution is 0.276. The summed E-state index contributed by atoms with van der Waals surface area (Å²) < 4.78 is 15.0. The Labute approximate surface area is 115 Å². The number of halogens is 1. The van der Waals surface area contributed by atoms with E-state index < -0.39 is 5.82 Å². The molecule has 7 heteroatoms. The van der Waals surface area contributed by atoms with Gasteiger partial charge in [-0.15, -0.1) is 5.10 Å². The van der Waals surface area contributed by atoms with E-state index in [9.17, 15) is 4.39 Å². The Kier molecular flexibility index (Phi) is 4.63. The van der Waals surface area contributed by atoms with Crippen LogP contribution in [0.1, 0.15) is 17.7 Å². The Balaban J connectivity index is 2.00. The van der Waals surface area contributed by atoms with Gasteiger partial charge < -0.3 is 10.4 Å². The maximum Gasteiger partial charge on any atom is 0.143 e. The summed E-state index contributed by atoms with van der Waals surface area (Å²) in [6.07, 6.45) is 2.35. The molecule has 1 aromatic carbocycles. The molecule has 1 aromatic heterocycles. The lowest BCUT2D eigenvalue weighted by Gasteiger charge is -2.06. The highest BCUT2D eigenvalue weighted by molar-refractivity contribution is 5.57. The van der Waals surface area contributed by atoms with Gasteiger partial charge in [0.1, 0.15) is 23.1 Å². The molecule has 0 aliphatic carbocycles. The first kappa shape index (κ1) is 14.0. The molecule has 0 atom stereocenters. The van der Waals surface area contributed by atoms with Crippen LogP contribution in [0.5, 0.6) is 0 Å². The minimum atomic E-state index is -0.552. The summed E-state index contributed by atoms with van der Waals surface area (Å²) in [6, 6.07) is 6.25.